The lowest BCUT2D eigenvalue weighted by molar-refractivity contribution is 0.0248. The first kappa shape index (κ1) is 15.8. The molecular weight excluding hydrogens is 316 g/mol. The minimum Gasteiger partial charge on any atom is -0.373 e. The monoisotopic (exact) mass is 336 g/mol. The molecule has 25 heavy (non-hydrogen) atoms. The molecule has 1 aliphatic rings. The van der Waals surface area contributed by atoms with E-state index in [9.17, 15) is 5.26 Å². The van der Waals surface area contributed by atoms with Crippen LogP contribution in [0.1, 0.15) is 5.69 Å². The summed E-state index contributed by atoms with van der Waals surface area (Å²) in [4.78, 5) is 16.4. The van der Waals surface area contributed by atoms with Crippen LogP contribution in [-0.2, 0) is 4.74 Å². The van der Waals surface area contributed by atoms with Gasteiger partial charge in [-0.1, -0.05) is 0 Å². The van der Waals surface area contributed by atoms with Gasteiger partial charge < -0.3 is 19.5 Å². The maximum Gasteiger partial charge on any atom is 0.141 e. The highest BCUT2D eigenvalue weighted by molar-refractivity contribution is 6.12. The number of nitrogens with one attached hydrogen (secondary N) is 1. The quantitative estimate of drug-likeness (QED) is 0.785. The molecule has 3 aromatic heterocycles. The molecule has 3 aromatic rings. The van der Waals surface area contributed by atoms with Gasteiger partial charge in [0, 0.05) is 31.2 Å². The number of nitrogens with zero attached hydrogens (tertiary/aromatic N) is 5. The number of rotatable bonds is 3. The number of fused-ring (bicyclic) bond motifs is 3. The van der Waals surface area contributed by atoms with Crippen LogP contribution < -0.4 is 4.90 Å². The van der Waals surface area contributed by atoms with E-state index in [1.54, 1.807) is 6.20 Å². The van der Waals surface area contributed by atoms with Crippen LogP contribution in [0.15, 0.2) is 24.5 Å². The van der Waals surface area contributed by atoms with Crippen LogP contribution in [0.2, 0.25) is 0 Å². The molecule has 1 unspecified atom stereocenters. The van der Waals surface area contributed by atoms with E-state index in [-0.39, 0.29) is 6.10 Å². The fourth-order valence-corrected chi connectivity index (χ4v) is 3.48. The third kappa shape index (κ3) is 2.90. The summed E-state index contributed by atoms with van der Waals surface area (Å²) in [5.74, 6) is 0. The largest absolute Gasteiger partial charge is 0.373 e. The Morgan fingerprint density at radius 1 is 1.44 bits per heavy atom. The van der Waals surface area contributed by atoms with Crippen molar-refractivity contribution in [3.05, 3.63) is 30.2 Å². The van der Waals surface area contributed by atoms with Crippen molar-refractivity contribution >= 4 is 27.6 Å². The Balaban J connectivity index is 1.80. The van der Waals surface area contributed by atoms with Crippen molar-refractivity contribution in [2.24, 2.45) is 0 Å². The highest BCUT2D eigenvalue weighted by Gasteiger charge is 2.23. The van der Waals surface area contributed by atoms with E-state index in [0.29, 0.717) is 12.3 Å². The molecule has 1 atom stereocenters. The molecule has 4 heterocycles. The number of anilines is 1. The fraction of sp³-hybridized carbons (Fsp3) is 0.389. The lowest BCUT2D eigenvalue weighted by Gasteiger charge is -2.36. The summed E-state index contributed by atoms with van der Waals surface area (Å²) in [6.07, 6.45) is 3.70. The van der Waals surface area contributed by atoms with E-state index in [1.165, 1.54) is 0 Å². The Kier molecular flexibility index (Phi) is 3.99. The first-order valence-electron chi connectivity index (χ1n) is 8.33. The average molecular weight is 336 g/mol. The minimum absolute atomic E-state index is 0.175. The minimum atomic E-state index is 0.175. The number of morpholine rings is 1. The van der Waals surface area contributed by atoms with E-state index in [2.05, 4.69) is 44.9 Å². The zero-order valence-electron chi connectivity index (χ0n) is 14.4. The predicted octanol–water partition coefficient (Wildman–Crippen LogP) is 1.75. The summed E-state index contributed by atoms with van der Waals surface area (Å²) in [7, 11) is 4.12. The van der Waals surface area contributed by atoms with E-state index in [4.69, 9.17) is 4.74 Å². The lowest BCUT2D eigenvalue weighted by Crippen LogP contribution is -2.46. The molecular formula is C18H20N6O. The van der Waals surface area contributed by atoms with Gasteiger partial charge in [0.2, 0.25) is 0 Å². The third-order valence-corrected chi connectivity index (χ3v) is 4.52. The van der Waals surface area contributed by atoms with Crippen molar-refractivity contribution in [3.63, 3.8) is 0 Å². The van der Waals surface area contributed by atoms with Crippen LogP contribution >= 0.6 is 0 Å². The molecule has 0 radical (unpaired) electrons. The second-order valence-electron chi connectivity index (χ2n) is 6.61. The molecule has 4 rings (SSSR count). The number of hydrogen-bond acceptors (Lipinski definition) is 6. The van der Waals surface area contributed by atoms with Gasteiger partial charge in [-0.05, 0) is 26.2 Å². The van der Waals surface area contributed by atoms with Crippen molar-refractivity contribution in [1.29, 1.82) is 5.26 Å². The number of aromatic nitrogens is 3. The zero-order valence-corrected chi connectivity index (χ0v) is 14.4. The van der Waals surface area contributed by atoms with E-state index >= 15 is 0 Å². The van der Waals surface area contributed by atoms with Crippen molar-refractivity contribution < 1.29 is 4.74 Å². The molecule has 0 aromatic carbocycles. The van der Waals surface area contributed by atoms with Crippen LogP contribution in [0.3, 0.4) is 0 Å². The fourth-order valence-electron chi connectivity index (χ4n) is 3.48. The van der Waals surface area contributed by atoms with Gasteiger partial charge >= 0.3 is 0 Å². The van der Waals surface area contributed by atoms with Crippen LogP contribution in [0.4, 0.5) is 5.69 Å². The summed E-state index contributed by atoms with van der Waals surface area (Å²) in [5, 5.41) is 11.2. The molecule has 1 fully saturated rings. The van der Waals surface area contributed by atoms with Gasteiger partial charge in [0.15, 0.2) is 0 Å². The number of nitriles is 1. The number of pyridine rings is 2. The van der Waals surface area contributed by atoms with E-state index in [1.807, 2.05) is 18.3 Å². The van der Waals surface area contributed by atoms with Gasteiger partial charge in [0.1, 0.15) is 17.4 Å². The first-order chi connectivity index (χ1) is 12.2. The normalized spacial score (nSPS) is 18.2. The maximum atomic E-state index is 9.17. The zero-order chi connectivity index (χ0) is 17.4. The molecule has 7 heteroatoms. The topological polar surface area (TPSA) is 81.1 Å². The number of aromatic amines is 1. The Morgan fingerprint density at radius 2 is 2.32 bits per heavy atom. The van der Waals surface area contributed by atoms with Crippen LogP contribution in [0, 0.1) is 11.3 Å². The lowest BCUT2D eigenvalue weighted by atomic mass is 10.1. The summed E-state index contributed by atoms with van der Waals surface area (Å²) >= 11 is 0. The van der Waals surface area contributed by atoms with Gasteiger partial charge in [-0.2, -0.15) is 5.26 Å². The first-order valence-corrected chi connectivity index (χ1v) is 8.33. The average Bonchev–Trinajstić information content (AvgIpc) is 2.99. The summed E-state index contributed by atoms with van der Waals surface area (Å²) in [6, 6.07) is 5.99. The number of H-pyrrole nitrogens is 1. The van der Waals surface area contributed by atoms with Crippen molar-refractivity contribution in [2.75, 3.05) is 45.2 Å². The second-order valence-corrected chi connectivity index (χ2v) is 6.61. The van der Waals surface area contributed by atoms with E-state index < -0.39 is 0 Å². The third-order valence-electron chi connectivity index (χ3n) is 4.52. The van der Waals surface area contributed by atoms with Crippen LogP contribution in [-0.4, -0.2) is 66.3 Å². The van der Waals surface area contributed by atoms with Crippen molar-refractivity contribution in [2.45, 2.75) is 6.10 Å². The number of likely N-dealkylation sites (N-methyl/N-ethyl adjacent to an activating group) is 1. The Hall–Kier alpha value is -2.69. The predicted molar refractivity (Wildman–Crippen MR) is 96.6 cm³/mol. The highest BCUT2D eigenvalue weighted by atomic mass is 16.5. The van der Waals surface area contributed by atoms with Crippen molar-refractivity contribution in [3.8, 4) is 6.07 Å². The van der Waals surface area contributed by atoms with Gasteiger partial charge in [0.25, 0.3) is 0 Å². The van der Waals surface area contributed by atoms with Crippen LogP contribution in [0.25, 0.3) is 21.9 Å². The molecule has 0 spiro atoms. The van der Waals surface area contributed by atoms with Gasteiger partial charge in [-0.25, -0.2) is 9.97 Å². The standard InChI is InChI=1S/C18H20N6O/c1-23(2)10-13-11-24(5-6-25-13)16-3-4-20-18-17(16)14-7-12(8-19)21-9-15(14)22-18/h3-4,7,9,13H,5-6,10-11H2,1-2H3,(H,20,22). The number of ether oxygens (including phenoxy) is 1. The van der Waals surface area contributed by atoms with Gasteiger partial charge in [-0.3, -0.25) is 0 Å². The molecule has 1 N–H and O–H groups in total. The Bertz CT molecular complexity index is 957. The molecule has 128 valence electrons. The molecule has 0 saturated carbocycles. The molecule has 1 aliphatic heterocycles. The smallest absolute Gasteiger partial charge is 0.141 e. The van der Waals surface area contributed by atoms with Crippen LogP contribution in [0.5, 0.6) is 0 Å². The molecule has 0 aliphatic carbocycles. The summed E-state index contributed by atoms with van der Waals surface area (Å²) in [6.45, 7) is 3.27. The maximum absolute atomic E-state index is 9.17. The second kappa shape index (κ2) is 6.31. The molecule has 0 amide bonds. The SMILES string of the molecule is CN(C)CC1CN(c2ccnc3[nH]c4cnc(C#N)cc4c23)CCO1. The highest BCUT2D eigenvalue weighted by Crippen LogP contribution is 2.33. The van der Waals surface area contributed by atoms with Gasteiger partial charge in [0.05, 0.1) is 35.5 Å². The Labute approximate surface area is 145 Å². The van der Waals surface area contributed by atoms with Crippen molar-refractivity contribution in [1.82, 2.24) is 19.9 Å². The molecule has 1 saturated heterocycles. The van der Waals surface area contributed by atoms with Gasteiger partial charge in [-0.15, -0.1) is 0 Å². The Morgan fingerprint density at radius 3 is 3.12 bits per heavy atom. The molecule has 0 bridgehead atoms. The summed E-state index contributed by atoms with van der Waals surface area (Å²) < 4.78 is 5.90. The molecule has 7 nitrogen and oxygen atoms in total. The number of hydrogen-bond donors (Lipinski definition) is 1. The van der Waals surface area contributed by atoms with E-state index in [0.717, 1.165) is 47.3 Å². The summed E-state index contributed by atoms with van der Waals surface area (Å²) in [5.41, 5.74) is 3.25.